The Hall–Kier alpha value is -2.50. The van der Waals surface area contributed by atoms with Crippen molar-refractivity contribution in [2.45, 2.75) is 13.3 Å². The molecule has 0 saturated carbocycles. The Kier molecular flexibility index (Phi) is 4.34. The highest BCUT2D eigenvalue weighted by atomic mass is 35.5. The van der Waals surface area contributed by atoms with Gasteiger partial charge in [0.15, 0.2) is 0 Å². The molecule has 1 aromatic carbocycles. The molecule has 3 heterocycles. The standard InChI is InChI=1S/C19H15ClN4S/c1-12-10-16-17(23-19(20)24-18(16)25-12)22-15-4-2-13(3-5-15)11-14-6-8-21-9-7-14/h2-10H,11H2,1H3,(H,22,23,24). The Bertz CT molecular complexity index is 1010. The second-order valence-corrected chi connectivity index (χ2v) is 7.34. The molecule has 0 radical (unpaired) electrons. The number of hydrogen-bond acceptors (Lipinski definition) is 5. The summed E-state index contributed by atoms with van der Waals surface area (Å²) >= 11 is 7.67. The van der Waals surface area contributed by atoms with Crippen molar-refractivity contribution in [3.8, 4) is 0 Å². The van der Waals surface area contributed by atoms with Crippen LogP contribution in [0.3, 0.4) is 0 Å². The van der Waals surface area contributed by atoms with Crippen molar-refractivity contribution in [2.75, 3.05) is 5.32 Å². The molecular weight excluding hydrogens is 352 g/mol. The normalized spacial score (nSPS) is 11.0. The summed E-state index contributed by atoms with van der Waals surface area (Å²) in [6, 6.07) is 14.5. The third-order valence-electron chi connectivity index (χ3n) is 3.86. The zero-order valence-corrected chi connectivity index (χ0v) is 15.1. The number of aryl methyl sites for hydroxylation is 1. The van der Waals surface area contributed by atoms with Crippen LogP contribution in [-0.4, -0.2) is 15.0 Å². The first-order chi connectivity index (χ1) is 12.2. The van der Waals surface area contributed by atoms with E-state index in [0.29, 0.717) is 0 Å². The monoisotopic (exact) mass is 366 g/mol. The SMILES string of the molecule is Cc1cc2c(Nc3ccc(Cc4ccncc4)cc3)nc(Cl)nc2s1. The maximum atomic E-state index is 6.05. The average molecular weight is 367 g/mol. The molecular formula is C19H15ClN4S. The van der Waals surface area contributed by atoms with Crippen molar-refractivity contribution < 1.29 is 0 Å². The number of hydrogen-bond donors (Lipinski definition) is 1. The number of nitrogens with zero attached hydrogens (tertiary/aromatic N) is 3. The maximum absolute atomic E-state index is 6.05. The molecule has 0 aliphatic rings. The van der Waals surface area contributed by atoms with E-state index >= 15 is 0 Å². The molecule has 4 aromatic rings. The van der Waals surface area contributed by atoms with E-state index in [1.165, 1.54) is 16.0 Å². The van der Waals surface area contributed by atoms with E-state index in [-0.39, 0.29) is 5.28 Å². The topological polar surface area (TPSA) is 50.7 Å². The van der Waals surface area contributed by atoms with Crippen LogP contribution < -0.4 is 5.32 Å². The molecule has 0 spiro atoms. The van der Waals surface area contributed by atoms with Gasteiger partial charge >= 0.3 is 0 Å². The first-order valence-electron chi connectivity index (χ1n) is 7.86. The molecule has 25 heavy (non-hydrogen) atoms. The van der Waals surface area contributed by atoms with Crippen LogP contribution >= 0.6 is 22.9 Å². The third kappa shape index (κ3) is 3.62. The second-order valence-electron chi connectivity index (χ2n) is 5.77. The zero-order valence-electron chi connectivity index (χ0n) is 13.5. The number of aromatic nitrogens is 3. The highest BCUT2D eigenvalue weighted by Gasteiger charge is 2.10. The Labute approximate surface area is 154 Å². The van der Waals surface area contributed by atoms with Crippen molar-refractivity contribution >= 4 is 44.7 Å². The molecule has 0 unspecified atom stereocenters. The zero-order chi connectivity index (χ0) is 17.2. The van der Waals surface area contributed by atoms with Crippen LogP contribution in [0, 0.1) is 6.92 Å². The second kappa shape index (κ2) is 6.78. The largest absolute Gasteiger partial charge is 0.340 e. The Balaban J connectivity index is 1.57. The van der Waals surface area contributed by atoms with Crippen LogP contribution in [0.1, 0.15) is 16.0 Å². The third-order valence-corrected chi connectivity index (χ3v) is 4.98. The van der Waals surface area contributed by atoms with Gasteiger partial charge < -0.3 is 5.32 Å². The molecule has 0 atom stereocenters. The molecule has 0 fully saturated rings. The first-order valence-corrected chi connectivity index (χ1v) is 9.05. The minimum Gasteiger partial charge on any atom is -0.340 e. The van der Waals surface area contributed by atoms with Gasteiger partial charge in [0, 0.05) is 23.0 Å². The number of fused-ring (bicyclic) bond motifs is 1. The van der Waals surface area contributed by atoms with Gasteiger partial charge in [0.25, 0.3) is 0 Å². The number of nitrogens with one attached hydrogen (secondary N) is 1. The maximum Gasteiger partial charge on any atom is 0.225 e. The lowest BCUT2D eigenvalue weighted by Gasteiger charge is -2.08. The predicted molar refractivity (Wildman–Crippen MR) is 104 cm³/mol. The van der Waals surface area contributed by atoms with Gasteiger partial charge in [-0.2, -0.15) is 4.98 Å². The molecule has 4 rings (SSSR count). The molecule has 1 N–H and O–H groups in total. The van der Waals surface area contributed by atoms with Crippen LogP contribution in [0.4, 0.5) is 11.5 Å². The van der Waals surface area contributed by atoms with Crippen molar-refractivity contribution in [2.24, 2.45) is 0 Å². The van der Waals surface area contributed by atoms with Crippen LogP contribution in [0.15, 0.2) is 54.9 Å². The van der Waals surface area contributed by atoms with Gasteiger partial charge in [-0.15, -0.1) is 11.3 Å². The van der Waals surface area contributed by atoms with E-state index in [4.69, 9.17) is 11.6 Å². The summed E-state index contributed by atoms with van der Waals surface area (Å²) < 4.78 is 0. The number of anilines is 2. The minimum absolute atomic E-state index is 0.256. The van der Waals surface area contributed by atoms with E-state index in [1.807, 2.05) is 24.5 Å². The molecule has 3 aromatic heterocycles. The molecule has 0 bridgehead atoms. The van der Waals surface area contributed by atoms with Crippen LogP contribution in [0.25, 0.3) is 10.2 Å². The summed E-state index contributed by atoms with van der Waals surface area (Å²) in [7, 11) is 0. The summed E-state index contributed by atoms with van der Waals surface area (Å²) in [6.07, 6.45) is 4.52. The fourth-order valence-corrected chi connectivity index (χ4v) is 3.79. The smallest absolute Gasteiger partial charge is 0.225 e. The van der Waals surface area contributed by atoms with Crippen molar-refractivity contribution in [3.63, 3.8) is 0 Å². The van der Waals surface area contributed by atoms with Gasteiger partial charge in [0.05, 0.1) is 5.39 Å². The Morgan fingerprint density at radius 1 is 1.00 bits per heavy atom. The van der Waals surface area contributed by atoms with Gasteiger partial charge in [-0.05, 0) is 66.4 Å². The summed E-state index contributed by atoms with van der Waals surface area (Å²) in [5.74, 6) is 0.737. The van der Waals surface area contributed by atoms with E-state index in [9.17, 15) is 0 Å². The van der Waals surface area contributed by atoms with Crippen LogP contribution in [-0.2, 0) is 6.42 Å². The summed E-state index contributed by atoms with van der Waals surface area (Å²) in [5, 5.41) is 4.60. The first kappa shape index (κ1) is 16.0. The highest BCUT2D eigenvalue weighted by molar-refractivity contribution is 7.18. The predicted octanol–water partition coefficient (Wildman–Crippen LogP) is 5.38. The summed E-state index contributed by atoms with van der Waals surface area (Å²) in [4.78, 5) is 14.8. The number of pyridine rings is 1. The van der Waals surface area contributed by atoms with Gasteiger partial charge in [-0.25, -0.2) is 4.98 Å². The van der Waals surface area contributed by atoms with Gasteiger partial charge in [0.1, 0.15) is 10.6 Å². The average Bonchev–Trinajstić information content (AvgIpc) is 2.98. The number of halogens is 1. The lowest BCUT2D eigenvalue weighted by molar-refractivity contribution is 1.16. The molecule has 0 aliphatic carbocycles. The number of thiophene rings is 1. The van der Waals surface area contributed by atoms with E-state index in [1.54, 1.807) is 11.3 Å². The molecule has 6 heteroatoms. The Morgan fingerprint density at radius 3 is 2.48 bits per heavy atom. The van der Waals surface area contributed by atoms with E-state index in [0.717, 1.165) is 28.1 Å². The van der Waals surface area contributed by atoms with Crippen molar-refractivity contribution in [3.05, 3.63) is 76.1 Å². The van der Waals surface area contributed by atoms with Crippen LogP contribution in [0.2, 0.25) is 5.28 Å². The van der Waals surface area contributed by atoms with Crippen LogP contribution in [0.5, 0.6) is 0 Å². The number of benzene rings is 1. The fraction of sp³-hybridized carbons (Fsp3) is 0.105. The van der Waals surface area contributed by atoms with Crippen molar-refractivity contribution in [1.29, 1.82) is 0 Å². The quantitative estimate of drug-likeness (QED) is 0.492. The van der Waals surface area contributed by atoms with Gasteiger partial charge in [-0.3, -0.25) is 4.98 Å². The molecule has 4 nitrogen and oxygen atoms in total. The van der Waals surface area contributed by atoms with E-state index in [2.05, 4.69) is 57.5 Å². The summed E-state index contributed by atoms with van der Waals surface area (Å²) in [5.41, 5.74) is 3.46. The molecule has 0 amide bonds. The lowest BCUT2D eigenvalue weighted by Crippen LogP contribution is -1.96. The lowest BCUT2D eigenvalue weighted by atomic mass is 10.1. The van der Waals surface area contributed by atoms with Crippen molar-refractivity contribution in [1.82, 2.24) is 15.0 Å². The fourth-order valence-electron chi connectivity index (χ4n) is 2.69. The number of rotatable bonds is 4. The highest BCUT2D eigenvalue weighted by Crippen LogP contribution is 2.31. The summed E-state index contributed by atoms with van der Waals surface area (Å²) in [6.45, 7) is 2.05. The van der Waals surface area contributed by atoms with E-state index < -0.39 is 0 Å². The molecule has 0 saturated heterocycles. The minimum atomic E-state index is 0.256. The van der Waals surface area contributed by atoms with Gasteiger partial charge in [-0.1, -0.05) is 12.1 Å². The molecule has 124 valence electrons. The Morgan fingerprint density at radius 2 is 1.72 bits per heavy atom. The van der Waals surface area contributed by atoms with Gasteiger partial charge in [0.2, 0.25) is 5.28 Å². The molecule has 0 aliphatic heterocycles.